The van der Waals surface area contributed by atoms with Crippen molar-refractivity contribution in [3.8, 4) is 0 Å². The number of aromatic nitrogens is 2. The topological polar surface area (TPSA) is 39.3 Å². The third-order valence-corrected chi connectivity index (χ3v) is 5.47. The van der Waals surface area contributed by atoms with Crippen LogP contribution >= 0.6 is 0 Å². The van der Waals surface area contributed by atoms with E-state index in [4.69, 9.17) is 5.10 Å². The first-order valence-corrected chi connectivity index (χ1v) is 9.77. The molecule has 0 atom stereocenters. The lowest BCUT2D eigenvalue weighted by Gasteiger charge is -2.23. The van der Waals surface area contributed by atoms with Crippen molar-refractivity contribution in [1.82, 2.24) is 9.78 Å². The molecular formula is C22H25ClFN3O. The summed E-state index contributed by atoms with van der Waals surface area (Å²) in [6.45, 7) is 3.94. The summed E-state index contributed by atoms with van der Waals surface area (Å²) in [7, 11) is 0. The van der Waals surface area contributed by atoms with E-state index in [2.05, 4.69) is 0 Å². The van der Waals surface area contributed by atoms with E-state index in [1.54, 1.807) is 21.7 Å². The first-order valence-electron chi connectivity index (χ1n) is 9.77. The number of halogens is 2. The maximum Gasteiger partial charge on any atom is 0.274 e. The fourth-order valence-corrected chi connectivity index (χ4v) is 3.95. The molecule has 2 heterocycles. The summed E-state index contributed by atoms with van der Waals surface area (Å²) in [5.41, 5.74) is 1.83. The van der Waals surface area contributed by atoms with Crippen LogP contribution in [0.3, 0.4) is 0 Å². The fraction of sp³-hybridized carbons (Fsp3) is 0.364. The smallest absolute Gasteiger partial charge is 0.274 e. The van der Waals surface area contributed by atoms with Crippen molar-refractivity contribution in [2.24, 2.45) is 0 Å². The molecule has 0 bridgehead atoms. The van der Waals surface area contributed by atoms with Gasteiger partial charge in [-0.05, 0) is 43.0 Å². The normalized spacial score (nSPS) is 14.8. The Morgan fingerprint density at radius 2 is 1.64 bits per heavy atom. The Morgan fingerprint density at radius 1 is 0.964 bits per heavy atom. The molecule has 0 spiro atoms. The van der Waals surface area contributed by atoms with Crippen LogP contribution in [0.25, 0.3) is 10.8 Å². The summed E-state index contributed by atoms with van der Waals surface area (Å²) in [6, 6.07) is 14.1. The molecule has 1 fully saturated rings. The second-order valence-electron chi connectivity index (χ2n) is 7.38. The number of likely N-dealkylation sites (tertiary alicyclic amines) is 1. The highest BCUT2D eigenvalue weighted by molar-refractivity contribution is 5.83. The minimum absolute atomic E-state index is 0. The van der Waals surface area contributed by atoms with Gasteiger partial charge in [-0.15, -0.1) is 0 Å². The van der Waals surface area contributed by atoms with Crippen molar-refractivity contribution in [1.29, 1.82) is 0 Å². The van der Waals surface area contributed by atoms with Crippen molar-refractivity contribution >= 4 is 10.8 Å². The minimum atomic E-state index is -0.244. The van der Waals surface area contributed by atoms with Crippen molar-refractivity contribution in [3.63, 3.8) is 0 Å². The van der Waals surface area contributed by atoms with E-state index in [0.29, 0.717) is 18.4 Å². The molecule has 2 aromatic carbocycles. The van der Waals surface area contributed by atoms with Gasteiger partial charge in [-0.1, -0.05) is 30.3 Å². The molecule has 0 unspecified atom stereocenters. The summed E-state index contributed by atoms with van der Waals surface area (Å²) in [6.07, 6.45) is 4.44. The first-order chi connectivity index (χ1) is 13.2. The monoisotopic (exact) mass is 401 g/mol. The van der Waals surface area contributed by atoms with Gasteiger partial charge in [-0.25, -0.2) is 9.07 Å². The van der Waals surface area contributed by atoms with Gasteiger partial charge in [0.05, 0.1) is 37.3 Å². The molecule has 0 radical (unpaired) electrons. The van der Waals surface area contributed by atoms with Crippen LogP contribution in [0.4, 0.5) is 4.39 Å². The average Bonchev–Trinajstić information content (AvgIpc) is 2.71. The van der Waals surface area contributed by atoms with Crippen LogP contribution in [0.15, 0.2) is 53.3 Å². The Balaban J connectivity index is 0.00000225. The van der Waals surface area contributed by atoms with Crippen LogP contribution in [0, 0.1) is 5.82 Å². The van der Waals surface area contributed by atoms with E-state index < -0.39 is 0 Å². The zero-order valence-electron chi connectivity index (χ0n) is 15.8. The highest BCUT2D eigenvalue weighted by Crippen LogP contribution is 2.17. The van der Waals surface area contributed by atoms with Gasteiger partial charge in [0.25, 0.3) is 5.56 Å². The lowest BCUT2D eigenvalue weighted by atomic mass is 10.0. The Labute approximate surface area is 170 Å². The van der Waals surface area contributed by atoms with E-state index in [1.807, 2.05) is 24.3 Å². The van der Waals surface area contributed by atoms with Crippen LogP contribution in [0.2, 0.25) is 0 Å². The summed E-state index contributed by atoms with van der Waals surface area (Å²) in [5, 5.41) is 6.29. The second-order valence-corrected chi connectivity index (χ2v) is 7.38. The Hall–Kier alpha value is -2.24. The fourth-order valence-electron chi connectivity index (χ4n) is 3.95. The Bertz CT molecular complexity index is 981. The third-order valence-electron chi connectivity index (χ3n) is 5.47. The lowest BCUT2D eigenvalue weighted by molar-refractivity contribution is -0.905. The lowest BCUT2D eigenvalue weighted by Crippen LogP contribution is -3.13. The molecule has 0 saturated carbocycles. The van der Waals surface area contributed by atoms with Gasteiger partial charge >= 0.3 is 0 Å². The molecule has 1 aliphatic heterocycles. The number of fused-ring (bicyclic) bond motifs is 1. The molecule has 1 saturated heterocycles. The molecule has 4 nitrogen and oxygen atoms in total. The van der Waals surface area contributed by atoms with Gasteiger partial charge in [0.15, 0.2) is 0 Å². The van der Waals surface area contributed by atoms with Gasteiger partial charge < -0.3 is 17.3 Å². The minimum Gasteiger partial charge on any atom is -1.00 e. The number of nitrogens with one attached hydrogen (secondary N) is 1. The van der Waals surface area contributed by atoms with E-state index in [-0.39, 0.29) is 23.8 Å². The maximum absolute atomic E-state index is 13.2. The number of nitrogens with zero attached hydrogens (tertiary/aromatic N) is 2. The third kappa shape index (κ3) is 4.59. The van der Waals surface area contributed by atoms with Gasteiger partial charge in [-0.3, -0.25) is 4.79 Å². The predicted octanol–water partition coefficient (Wildman–Crippen LogP) is -0.801. The van der Waals surface area contributed by atoms with E-state index in [9.17, 15) is 9.18 Å². The van der Waals surface area contributed by atoms with Gasteiger partial charge in [-0.2, -0.15) is 5.10 Å². The summed E-state index contributed by atoms with van der Waals surface area (Å²) >= 11 is 0. The van der Waals surface area contributed by atoms with Crippen LogP contribution in [0.5, 0.6) is 0 Å². The highest BCUT2D eigenvalue weighted by Gasteiger charge is 2.16. The molecule has 3 aromatic rings. The Morgan fingerprint density at radius 3 is 2.36 bits per heavy atom. The first kappa shape index (κ1) is 20.5. The predicted molar refractivity (Wildman–Crippen MR) is 105 cm³/mol. The van der Waals surface area contributed by atoms with Crippen LogP contribution in [-0.4, -0.2) is 29.4 Å². The molecule has 28 heavy (non-hydrogen) atoms. The largest absolute Gasteiger partial charge is 1.00 e. The average molecular weight is 402 g/mol. The number of hydrogen-bond acceptors (Lipinski definition) is 2. The molecule has 148 valence electrons. The molecule has 0 aliphatic carbocycles. The number of piperidine rings is 1. The standard InChI is InChI=1S/C22H24FN3O.ClH/c23-18-10-8-17(9-11-18)16-21-19-6-2-3-7-20(19)22(27)26(24-21)15-14-25-12-4-1-5-13-25;/h2-3,6-11H,1,4-5,12-16H2;1H. The van der Waals surface area contributed by atoms with Crippen LogP contribution in [0.1, 0.15) is 30.5 Å². The molecule has 1 aliphatic rings. The maximum atomic E-state index is 13.2. The number of quaternary nitrogens is 1. The van der Waals surface area contributed by atoms with Crippen molar-refractivity contribution in [2.45, 2.75) is 32.2 Å². The van der Waals surface area contributed by atoms with Crippen LogP contribution in [-0.2, 0) is 13.0 Å². The van der Waals surface area contributed by atoms with Gasteiger partial charge in [0.1, 0.15) is 5.82 Å². The number of benzene rings is 2. The molecule has 1 aromatic heterocycles. The zero-order valence-corrected chi connectivity index (χ0v) is 16.6. The number of rotatable bonds is 5. The highest BCUT2D eigenvalue weighted by atomic mass is 35.5. The molecule has 4 rings (SSSR count). The molecule has 6 heteroatoms. The SMILES string of the molecule is O=c1c2ccccc2c(Cc2ccc(F)cc2)nn1CC[NH+]1CCCCC1.[Cl-]. The van der Waals surface area contributed by atoms with E-state index >= 15 is 0 Å². The van der Waals surface area contributed by atoms with Gasteiger partial charge in [0.2, 0.25) is 0 Å². The van der Waals surface area contributed by atoms with Crippen molar-refractivity contribution in [3.05, 3.63) is 76.0 Å². The molecular weight excluding hydrogens is 377 g/mol. The quantitative estimate of drug-likeness (QED) is 0.608. The van der Waals surface area contributed by atoms with Crippen molar-refractivity contribution in [2.75, 3.05) is 19.6 Å². The van der Waals surface area contributed by atoms with Crippen LogP contribution < -0.4 is 22.9 Å². The molecule has 0 amide bonds. The zero-order chi connectivity index (χ0) is 18.6. The van der Waals surface area contributed by atoms with E-state index in [1.165, 1.54) is 44.5 Å². The summed E-state index contributed by atoms with van der Waals surface area (Å²) < 4.78 is 14.8. The summed E-state index contributed by atoms with van der Waals surface area (Å²) in [4.78, 5) is 14.5. The van der Waals surface area contributed by atoms with Crippen molar-refractivity contribution < 1.29 is 21.7 Å². The summed E-state index contributed by atoms with van der Waals surface area (Å²) in [5.74, 6) is -0.244. The van der Waals surface area contributed by atoms with E-state index in [0.717, 1.165) is 23.2 Å². The molecule has 1 N–H and O–H groups in total. The number of hydrogen-bond donors (Lipinski definition) is 1. The second kappa shape index (κ2) is 9.30. The Kier molecular flexibility index (Phi) is 6.81. The van der Waals surface area contributed by atoms with Gasteiger partial charge in [0, 0.05) is 11.8 Å².